The third-order valence-electron chi connectivity index (χ3n) is 4.08. The van der Waals surface area contributed by atoms with Gasteiger partial charge in [0.1, 0.15) is 0 Å². The Morgan fingerprint density at radius 2 is 1.93 bits per heavy atom. The Balaban J connectivity index is 2.62. The van der Waals surface area contributed by atoms with E-state index < -0.39 is 6.61 Å². The quantitative estimate of drug-likeness (QED) is 0.328. The number of nitrogens with zero attached hydrogens (tertiary/aromatic N) is 2. The molecule has 154 valence electrons. The predicted octanol–water partition coefficient (Wildman–Crippen LogP) is 3.08. The maximum Gasteiger partial charge on any atom is 0.387 e. The van der Waals surface area contributed by atoms with E-state index in [1.165, 1.54) is 0 Å². The molecule has 0 radical (unpaired) electrons. The standard InChI is InChI=1S/C19H32F2N4O2/c1-5-25(6-2)13-9-12-23-19(22-4)24-14-15-10-8-11-16(26-7-3)17(15)27-18(20)21/h8,10-11,18H,5-7,9,12-14H2,1-4H3,(H2,22,23,24). The molecule has 6 nitrogen and oxygen atoms in total. The SMILES string of the molecule is CCOc1cccc(CNC(=NC)NCCCN(CC)CC)c1OC(F)F. The number of alkyl halides is 2. The first-order valence-electron chi connectivity index (χ1n) is 9.41. The lowest BCUT2D eigenvalue weighted by Gasteiger charge is -2.19. The molecular formula is C19H32F2N4O2. The number of hydrogen-bond acceptors (Lipinski definition) is 4. The number of aliphatic imine (C=N–C) groups is 1. The Bertz CT molecular complexity index is 567. The minimum atomic E-state index is -2.91. The molecule has 0 saturated carbocycles. The monoisotopic (exact) mass is 386 g/mol. The number of guanidine groups is 1. The first kappa shape index (κ1) is 23.0. The van der Waals surface area contributed by atoms with Gasteiger partial charge in [-0.05, 0) is 39.0 Å². The summed E-state index contributed by atoms with van der Waals surface area (Å²) >= 11 is 0. The molecule has 0 spiro atoms. The first-order chi connectivity index (χ1) is 13.0. The van der Waals surface area contributed by atoms with E-state index in [-0.39, 0.29) is 5.75 Å². The summed E-state index contributed by atoms with van der Waals surface area (Å²) in [6, 6.07) is 5.09. The van der Waals surface area contributed by atoms with E-state index in [4.69, 9.17) is 4.74 Å². The zero-order valence-corrected chi connectivity index (χ0v) is 16.7. The van der Waals surface area contributed by atoms with E-state index in [2.05, 4.69) is 39.1 Å². The topological polar surface area (TPSA) is 58.1 Å². The third-order valence-corrected chi connectivity index (χ3v) is 4.08. The molecule has 0 saturated heterocycles. The average Bonchev–Trinajstić information content (AvgIpc) is 2.66. The van der Waals surface area contributed by atoms with E-state index in [1.54, 1.807) is 32.2 Å². The molecule has 27 heavy (non-hydrogen) atoms. The first-order valence-corrected chi connectivity index (χ1v) is 9.41. The molecule has 0 heterocycles. The molecule has 0 aliphatic rings. The van der Waals surface area contributed by atoms with Crippen LogP contribution in [-0.4, -0.2) is 57.3 Å². The number of para-hydroxylation sites is 1. The van der Waals surface area contributed by atoms with Gasteiger partial charge in [0.25, 0.3) is 0 Å². The Kier molecular flexibility index (Phi) is 11.2. The Morgan fingerprint density at radius 1 is 1.19 bits per heavy atom. The van der Waals surface area contributed by atoms with Gasteiger partial charge in [0.05, 0.1) is 6.61 Å². The summed E-state index contributed by atoms with van der Waals surface area (Å²) in [7, 11) is 1.67. The minimum absolute atomic E-state index is 0.0545. The molecule has 2 N–H and O–H groups in total. The summed E-state index contributed by atoms with van der Waals surface area (Å²) in [6.45, 7) is 7.68. The van der Waals surface area contributed by atoms with Gasteiger partial charge in [0, 0.05) is 25.7 Å². The lowest BCUT2D eigenvalue weighted by atomic mass is 10.2. The zero-order valence-electron chi connectivity index (χ0n) is 16.7. The number of halogens is 2. The van der Waals surface area contributed by atoms with Crippen molar-refractivity contribution in [1.82, 2.24) is 15.5 Å². The summed E-state index contributed by atoms with van der Waals surface area (Å²) in [5.74, 6) is 0.970. The second-order valence-electron chi connectivity index (χ2n) is 5.79. The van der Waals surface area contributed by atoms with Crippen molar-refractivity contribution < 1.29 is 18.3 Å². The average molecular weight is 386 g/mol. The van der Waals surface area contributed by atoms with Crippen LogP contribution in [-0.2, 0) is 6.54 Å². The molecule has 0 aliphatic heterocycles. The molecule has 1 aromatic rings. The summed E-state index contributed by atoms with van der Waals surface area (Å²) in [5, 5.41) is 6.36. The highest BCUT2D eigenvalue weighted by atomic mass is 19.3. The third kappa shape index (κ3) is 8.43. The van der Waals surface area contributed by atoms with Crippen LogP contribution in [0.2, 0.25) is 0 Å². The van der Waals surface area contributed by atoms with Gasteiger partial charge in [-0.3, -0.25) is 4.99 Å². The van der Waals surface area contributed by atoms with E-state index >= 15 is 0 Å². The van der Waals surface area contributed by atoms with Crippen LogP contribution in [0.5, 0.6) is 11.5 Å². The van der Waals surface area contributed by atoms with E-state index in [9.17, 15) is 8.78 Å². The molecule has 0 fully saturated rings. The molecular weight excluding hydrogens is 354 g/mol. The number of benzene rings is 1. The van der Waals surface area contributed by atoms with Gasteiger partial charge in [0.2, 0.25) is 0 Å². The molecule has 0 unspecified atom stereocenters. The second kappa shape index (κ2) is 13.1. The number of ether oxygens (including phenoxy) is 2. The molecule has 1 rings (SSSR count). The van der Waals surface area contributed by atoms with Crippen LogP contribution in [0.25, 0.3) is 0 Å². The summed E-state index contributed by atoms with van der Waals surface area (Å²) in [4.78, 5) is 6.52. The van der Waals surface area contributed by atoms with Crippen molar-refractivity contribution in [1.29, 1.82) is 0 Å². The lowest BCUT2D eigenvalue weighted by molar-refractivity contribution is -0.0520. The largest absolute Gasteiger partial charge is 0.490 e. The molecule has 1 aromatic carbocycles. The van der Waals surface area contributed by atoms with Gasteiger partial charge >= 0.3 is 6.61 Å². The highest BCUT2D eigenvalue weighted by molar-refractivity contribution is 5.79. The van der Waals surface area contributed by atoms with Crippen LogP contribution < -0.4 is 20.1 Å². The van der Waals surface area contributed by atoms with Crippen molar-refractivity contribution in [3.05, 3.63) is 23.8 Å². The van der Waals surface area contributed by atoms with Crippen molar-refractivity contribution in [2.45, 2.75) is 40.3 Å². The fourth-order valence-electron chi connectivity index (χ4n) is 2.64. The van der Waals surface area contributed by atoms with Crippen LogP contribution in [0, 0.1) is 0 Å². The van der Waals surface area contributed by atoms with Crippen molar-refractivity contribution >= 4 is 5.96 Å². The van der Waals surface area contributed by atoms with Crippen LogP contribution in [0.4, 0.5) is 8.78 Å². The maximum absolute atomic E-state index is 12.8. The van der Waals surface area contributed by atoms with E-state index in [1.807, 2.05) is 0 Å². The molecule has 0 atom stereocenters. The molecule has 8 heteroatoms. The highest BCUT2D eigenvalue weighted by Crippen LogP contribution is 2.32. The summed E-state index contributed by atoms with van der Waals surface area (Å²) in [6.07, 6.45) is 0.988. The Hall–Kier alpha value is -2.09. The molecule has 0 aliphatic carbocycles. The van der Waals surface area contributed by atoms with Crippen molar-refractivity contribution in [2.75, 3.05) is 39.8 Å². The predicted molar refractivity (Wildman–Crippen MR) is 105 cm³/mol. The summed E-state index contributed by atoms with van der Waals surface area (Å²) in [5.41, 5.74) is 0.576. The van der Waals surface area contributed by atoms with Crippen LogP contribution in [0.3, 0.4) is 0 Å². The van der Waals surface area contributed by atoms with Gasteiger partial charge in [-0.1, -0.05) is 26.0 Å². The Labute approximate surface area is 160 Å². The van der Waals surface area contributed by atoms with Crippen molar-refractivity contribution in [3.8, 4) is 11.5 Å². The minimum Gasteiger partial charge on any atom is -0.490 e. The van der Waals surface area contributed by atoms with Gasteiger partial charge in [-0.2, -0.15) is 8.78 Å². The smallest absolute Gasteiger partial charge is 0.387 e. The zero-order chi connectivity index (χ0) is 20.1. The van der Waals surface area contributed by atoms with Crippen molar-refractivity contribution in [3.63, 3.8) is 0 Å². The summed E-state index contributed by atoms with van der Waals surface area (Å²) < 4.78 is 35.6. The normalized spacial score (nSPS) is 11.8. The Morgan fingerprint density at radius 3 is 2.52 bits per heavy atom. The highest BCUT2D eigenvalue weighted by Gasteiger charge is 2.16. The van der Waals surface area contributed by atoms with Crippen LogP contribution >= 0.6 is 0 Å². The number of hydrogen-bond donors (Lipinski definition) is 2. The second-order valence-corrected chi connectivity index (χ2v) is 5.79. The maximum atomic E-state index is 12.8. The molecule has 0 aromatic heterocycles. The number of rotatable bonds is 12. The van der Waals surface area contributed by atoms with Crippen molar-refractivity contribution in [2.24, 2.45) is 4.99 Å². The van der Waals surface area contributed by atoms with E-state index in [0.717, 1.165) is 32.6 Å². The molecule has 0 amide bonds. The van der Waals surface area contributed by atoms with E-state index in [0.29, 0.717) is 30.4 Å². The lowest BCUT2D eigenvalue weighted by Crippen LogP contribution is -2.38. The van der Waals surface area contributed by atoms with Crippen LogP contribution in [0.1, 0.15) is 32.8 Å². The van der Waals surface area contributed by atoms with Gasteiger partial charge in [-0.15, -0.1) is 0 Å². The van der Waals surface area contributed by atoms with Crippen LogP contribution in [0.15, 0.2) is 23.2 Å². The van der Waals surface area contributed by atoms with Gasteiger partial charge in [0.15, 0.2) is 17.5 Å². The fourth-order valence-corrected chi connectivity index (χ4v) is 2.64. The van der Waals surface area contributed by atoms with Gasteiger partial charge < -0.3 is 25.0 Å². The number of nitrogens with one attached hydrogen (secondary N) is 2. The fraction of sp³-hybridized carbons (Fsp3) is 0.632. The molecule has 0 bridgehead atoms. The van der Waals surface area contributed by atoms with Gasteiger partial charge in [-0.25, -0.2) is 0 Å².